The zero-order valence-electron chi connectivity index (χ0n) is 24.6. The largest absolute Gasteiger partial charge is 0.395 e. The highest BCUT2D eigenvalue weighted by Gasteiger charge is 2.33. The van der Waals surface area contributed by atoms with Crippen molar-refractivity contribution in [1.29, 1.82) is 0 Å². The molecule has 0 bridgehead atoms. The summed E-state index contributed by atoms with van der Waals surface area (Å²) in [7, 11) is 0.553. The van der Waals surface area contributed by atoms with Crippen molar-refractivity contribution in [2.75, 3.05) is 47.4 Å². The van der Waals surface area contributed by atoms with Crippen molar-refractivity contribution < 1.29 is 26.6 Å². The number of carbonyl (C=O) groups is 2. The van der Waals surface area contributed by atoms with E-state index in [-0.39, 0.29) is 11.5 Å². The van der Waals surface area contributed by atoms with Crippen LogP contribution in [0.3, 0.4) is 0 Å². The molecule has 0 radical (unpaired) electrons. The molecule has 222 valence electrons. The third-order valence-corrected chi connectivity index (χ3v) is 10.7. The smallest absolute Gasteiger partial charge is 0.378 e. The van der Waals surface area contributed by atoms with E-state index in [2.05, 4.69) is 21.4 Å². The predicted octanol–water partition coefficient (Wildman–Crippen LogP) is 4.29. The Morgan fingerprint density at radius 1 is 0.976 bits per heavy atom. The average molecular weight is 592 g/mol. The van der Waals surface area contributed by atoms with E-state index in [1.807, 2.05) is 29.2 Å². The fourth-order valence-corrected chi connectivity index (χ4v) is 7.06. The van der Waals surface area contributed by atoms with E-state index in [0.29, 0.717) is 44.3 Å². The second kappa shape index (κ2) is 11.0. The maximum atomic E-state index is 13.9. The van der Waals surface area contributed by atoms with Crippen LogP contribution in [0.4, 0.5) is 0 Å². The Morgan fingerprint density at radius 2 is 1.69 bits per heavy atom. The number of fused-ring (bicyclic) bond motifs is 5. The number of ether oxygens (including phenoxy) is 1. The number of morpholine rings is 1. The quantitative estimate of drug-likeness (QED) is 0.447. The third-order valence-electron chi connectivity index (χ3n) is 8.77. The number of benzene rings is 2. The lowest BCUT2D eigenvalue weighted by Crippen LogP contribution is -2.50. The molecule has 1 saturated heterocycles. The van der Waals surface area contributed by atoms with Crippen molar-refractivity contribution in [3.05, 3.63) is 64.7 Å². The third kappa shape index (κ3) is 5.16. The van der Waals surface area contributed by atoms with Crippen molar-refractivity contribution >= 4 is 39.0 Å². The zero-order chi connectivity index (χ0) is 29.6. The highest BCUT2D eigenvalue weighted by molar-refractivity contribution is 7.84. The lowest BCUT2D eigenvalue weighted by molar-refractivity contribution is -0.739. The Kier molecular flexibility index (Phi) is 7.49. The van der Waals surface area contributed by atoms with Gasteiger partial charge < -0.3 is 14.2 Å². The summed E-state index contributed by atoms with van der Waals surface area (Å²) in [5.41, 5.74) is 6.19. The minimum absolute atomic E-state index is 0.00930. The van der Waals surface area contributed by atoms with Gasteiger partial charge >= 0.3 is 10.2 Å². The molecular weight excluding hydrogens is 552 g/mol. The summed E-state index contributed by atoms with van der Waals surface area (Å²) in [5.74, 6) is -0.320. The number of hydrogen-bond acceptors (Lipinski definition) is 5. The van der Waals surface area contributed by atoms with E-state index in [0.717, 1.165) is 40.6 Å². The number of nitrogens with one attached hydrogen (secondary N) is 1. The van der Waals surface area contributed by atoms with Gasteiger partial charge in [-0.1, -0.05) is 49.6 Å². The van der Waals surface area contributed by atoms with Crippen LogP contribution in [-0.2, 0) is 26.3 Å². The molecule has 9 nitrogen and oxygen atoms in total. The Morgan fingerprint density at radius 3 is 2.40 bits per heavy atom. The lowest BCUT2D eigenvalue weighted by Gasteiger charge is -2.28. The number of nitrogens with zero attached hydrogens (tertiary/aromatic N) is 3. The van der Waals surface area contributed by atoms with Gasteiger partial charge in [0, 0.05) is 40.7 Å². The molecule has 2 aromatic carbocycles. The number of hydrogen-bond donors (Lipinski definition) is 1. The minimum atomic E-state index is -3.94. The molecule has 3 heterocycles. The first-order valence-electron chi connectivity index (χ1n) is 14.8. The van der Waals surface area contributed by atoms with Gasteiger partial charge in [0.1, 0.15) is 0 Å². The Bertz CT molecular complexity index is 1690. The van der Waals surface area contributed by atoms with Gasteiger partial charge in [-0.05, 0) is 48.1 Å². The van der Waals surface area contributed by atoms with Gasteiger partial charge in [-0.15, -0.1) is 0 Å². The number of carbonyl (C=O) groups excluding carboxylic acids is 2. The summed E-state index contributed by atoms with van der Waals surface area (Å²) < 4.78 is 35.0. The average Bonchev–Trinajstić information content (AvgIpc) is 3.19. The van der Waals surface area contributed by atoms with E-state index in [4.69, 9.17) is 4.74 Å². The molecule has 1 N–H and O–H groups in total. The molecular formula is C32H39N4O5S+. The van der Waals surface area contributed by atoms with Crippen LogP contribution in [0.25, 0.3) is 28.2 Å². The molecule has 1 aliphatic carbocycles. The van der Waals surface area contributed by atoms with Gasteiger partial charge in [0.05, 0.1) is 46.6 Å². The molecule has 42 heavy (non-hydrogen) atoms. The molecule has 0 spiro atoms. The number of amides is 2. The van der Waals surface area contributed by atoms with Crippen LogP contribution in [-0.4, -0.2) is 81.0 Å². The van der Waals surface area contributed by atoms with Crippen molar-refractivity contribution in [3.63, 3.8) is 0 Å². The van der Waals surface area contributed by atoms with E-state index in [1.165, 1.54) is 46.0 Å². The molecule has 6 rings (SSSR count). The Balaban J connectivity index is 1.53. The van der Waals surface area contributed by atoms with Crippen molar-refractivity contribution in [1.82, 2.24) is 14.2 Å². The highest BCUT2D eigenvalue weighted by Crippen LogP contribution is 2.46. The summed E-state index contributed by atoms with van der Waals surface area (Å²) in [6.45, 7) is 2.50. The SMILES string of the molecule is C[N+](C)(C)S(=O)(=O)NC(=O)c1ccc2c(C3CCCCC3)c3n(c2c1)CC(C(=O)N1CCOCC1)=Cc1ccccc1-3. The first kappa shape index (κ1) is 28.6. The van der Waals surface area contributed by atoms with E-state index < -0.39 is 20.0 Å². The molecule has 1 aromatic heterocycles. The Hall–Kier alpha value is -3.47. The van der Waals surface area contributed by atoms with E-state index in [9.17, 15) is 18.0 Å². The van der Waals surface area contributed by atoms with E-state index in [1.54, 1.807) is 12.1 Å². The fraction of sp³-hybridized carbons (Fsp3) is 0.438. The molecule has 1 saturated carbocycles. The fourth-order valence-electron chi connectivity index (χ4n) is 6.43. The van der Waals surface area contributed by atoms with Crippen LogP contribution in [0, 0.1) is 0 Å². The van der Waals surface area contributed by atoms with Crippen LogP contribution in [0.15, 0.2) is 48.0 Å². The van der Waals surface area contributed by atoms with Gasteiger partial charge in [-0.3, -0.25) is 9.59 Å². The highest BCUT2D eigenvalue weighted by atomic mass is 32.2. The van der Waals surface area contributed by atoms with Crippen LogP contribution in [0.2, 0.25) is 0 Å². The van der Waals surface area contributed by atoms with Crippen molar-refractivity contribution in [2.24, 2.45) is 0 Å². The van der Waals surface area contributed by atoms with Crippen LogP contribution >= 0.6 is 0 Å². The predicted molar refractivity (Wildman–Crippen MR) is 163 cm³/mol. The van der Waals surface area contributed by atoms with Gasteiger partial charge in [0.25, 0.3) is 11.8 Å². The minimum Gasteiger partial charge on any atom is -0.378 e. The number of aromatic nitrogens is 1. The first-order valence-corrected chi connectivity index (χ1v) is 16.2. The maximum Gasteiger partial charge on any atom is 0.395 e. The molecule has 3 aromatic rings. The number of quaternary nitrogens is 1. The molecule has 10 heteroatoms. The molecule has 2 aliphatic heterocycles. The van der Waals surface area contributed by atoms with Gasteiger partial charge in [-0.25, -0.2) is 8.61 Å². The van der Waals surface area contributed by atoms with Crippen LogP contribution in [0.5, 0.6) is 0 Å². The van der Waals surface area contributed by atoms with Gasteiger partial charge in [0.2, 0.25) is 0 Å². The maximum absolute atomic E-state index is 13.9. The first-order chi connectivity index (χ1) is 20.0. The topological polar surface area (TPSA) is 97.7 Å². The van der Waals surface area contributed by atoms with Crippen LogP contribution < -0.4 is 4.72 Å². The molecule has 3 aliphatic rings. The monoisotopic (exact) mass is 591 g/mol. The summed E-state index contributed by atoms with van der Waals surface area (Å²) in [5, 5.41) is 1.05. The molecule has 0 atom stereocenters. The molecule has 2 fully saturated rings. The van der Waals surface area contributed by atoms with Gasteiger partial charge in [0.15, 0.2) is 0 Å². The second-order valence-electron chi connectivity index (χ2n) is 12.4. The summed E-state index contributed by atoms with van der Waals surface area (Å²) in [6.07, 6.45) is 7.76. The molecule has 2 amide bonds. The lowest BCUT2D eigenvalue weighted by atomic mass is 9.81. The standard InChI is InChI=1S/C32H38N4O5S/c1-36(2,3)42(39,40)33-31(37)24-13-14-27-28(20-24)35-21-25(32(38)34-15-17-41-18-16-34)19-23-11-7-8-12-26(23)30(35)29(27)22-9-5-4-6-10-22/h7-8,11-14,19-20,22H,4-6,9-10,15-18,21H2,1-3H3/p+1. The molecule has 0 unspecified atom stereocenters. The summed E-state index contributed by atoms with van der Waals surface area (Å²) in [6, 6.07) is 13.7. The number of rotatable bonds is 5. The van der Waals surface area contributed by atoms with Crippen molar-refractivity contribution in [2.45, 2.75) is 44.6 Å². The summed E-state index contributed by atoms with van der Waals surface area (Å²) in [4.78, 5) is 29.0. The van der Waals surface area contributed by atoms with Gasteiger partial charge in [-0.2, -0.15) is 8.42 Å². The van der Waals surface area contributed by atoms with Crippen LogP contribution in [0.1, 0.15) is 59.5 Å². The zero-order valence-corrected chi connectivity index (χ0v) is 25.4. The second-order valence-corrected chi connectivity index (χ2v) is 14.6. The summed E-state index contributed by atoms with van der Waals surface area (Å²) >= 11 is 0. The normalized spacial score (nSPS) is 18.2. The van der Waals surface area contributed by atoms with E-state index >= 15 is 0 Å². The Labute approximate surface area is 247 Å². The van der Waals surface area contributed by atoms with Crippen molar-refractivity contribution in [3.8, 4) is 11.3 Å².